The first-order chi connectivity index (χ1) is 10.2. The van der Waals surface area contributed by atoms with E-state index < -0.39 is 0 Å². The molecule has 0 radical (unpaired) electrons. The Morgan fingerprint density at radius 2 is 2.19 bits per heavy atom. The molecule has 7 heteroatoms. The van der Waals surface area contributed by atoms with Gasteiger partial charge in [-0.25, -0.2) is 4.98 Å². The molecule has 0 aliphatic carbocycles. The Balaban J connectivity index is 2.14. The van der Waals surface area contributed by atoms with E-state index in [1.807, 2.05) is 36.6 Å². The van der Waals surface area contributed by atoms with Gasteiger partial charge in [-0.15, -0.1) is 0 Å². The summed E-state index contributed by atoms with van der Waals surface area (Å²) < 4.78 is 12.9. The molecule has 0 atom stereocenters. The number of hydrogen-bond donors (Lipinski definition) is 1. The smallest absolute Gasteiger partial charge is 0.232 e. The van der Waals surface area contributed by atoms with Gasteiger partial charge < -0.3 is 9.15 Å². The van der Waals surface area contributed by atoms with Crippen LogP contribution in [0.4, 0.5) is 5.69 Å². The average molecular weight is 319 g/mol. The third-order valence-electron chi connectivity index (χ3n) is 2.97. The van der Waals surface area contributed by atoms with Crippen LogP contribution in [0.3, 0.4) is 0 Å². The molecule has 0 aliphatic heterocycles. The van der Waals surface area contributed by atoms with Gasteiger partial charge >= 0.3 is 0 Å². The number of ether oxygens (including phenoxy) is 1. The summed E-state index contributed by atoms with van der Waals surface area (Å²) in [5.74, 6) is 1.17. The van der Waals surface area contributed by atoms with Crippen molar-refractivity contribution in [3.8, 4) is 17.2 Å². The van der Waals surface area contributed by atoms with E-state index in [1.54, 1.807) is 17.0 Å². The minimum Gasteiger partial charge on any atom is -0.496 e. The molecule has 2 heterocycles. The molecule has 3 aromatic rings. The zero-order valence-electron chi connectivity index (χ0n) is 11.5. The van der Waals surface area contributed by atoms with Crippen LogP contribution in [-0.4, -0.2) is 23.3 Å². The lowest BCUT2D eigenvalue weighted by Gasteiger charge is -2.15. The molecule has 108 valence electrons. The number of hydrogen-bond acceptors (Lipinski definition) is 7. The van der Waals surface area contributed by atoms with E-state index in [2.05, 4.69) is 22.8 Å². The van der Waals surface area contributed by atoms with Crippen LogP contribution in [-0.2, 0) is 0 Å². The Morgan fingerprint density at radius 1 is 1.33 bits per heavy atom. The number of oxazole rings is 1. The van der Waals surface area contributed by atoms with Gasteiger partial charge in [0.2, 0.25) is 5.89 Å². The van der Waals surface area contributed by atoms with E-state index in [1.165, 1.54) is 11.9 Å². The maximum Gasteiger partial charge on any atom is 0.232 e. The number of benzene rings is 1. The second-order valence-corrected chi connectivity index (χ2v) is 5.59. The van der Waals surface area contributed by atoms with Crippen molar-refractivity contribution in [2.45, 2.75) is 0 Å². The number of pyridine rings is 1. The van der Waals surface area contributed by atoms with Crippen molar-refractivity contribution in [3.63, 3.8) is 0 Å². The van der Waals surface area contributed by atoms with E-state index in [0.717, 1.165) is 11.3 Å². The standard InChI is InChI=1S/C14H13N3O2S2/c1-18-11-6-5-9(17(20)21-2)8-10(11)14-16-13-12(19-14)4-3-7-15-13/h3-8,20H,1-2H3. The van der Waals surface area contributed by atoms with Gasteiger partial charge in [0.05, 0.1) is 18.4 Å². The number of nitrogens with zero attached hydrogens (tertiary/aromatic N) is 3. The van der Waals surface area contributed by atoms with Crippen molar-refractivity contribution >= 4 is 41.7 Å². The number of rotatable bonds is 4. The fourth-order valence-electron chi connectivity index (χ4n) is 1.97. The molecule has 0 spiro atoms. The lowest BCUT2D eigenvalue weighted by molar-refractivity contribution is 0.414. The van der Waals surface area contributed by atoms with Crippen molar-refractivity contribution in [2.75, 3.05) is 17.1 Å². The average Bonchev–Trinajstić information content (AvgIpc) is 2.97. The maximum atomic E-state index is 5.76. The van der Waals surface area contributed by atoms with Crippen molar-refractivity contribution in [1.82, 2.24) is 9.97 Å². The second kappa shape index (κ2) is 5.87. The molecule has 21 heavy (non-hydrogen) atoms. The van der Waals surface area contributed by atoms with E-state index in [0.29, 0.717) is 22.9 Å². The van der Waals surface area contributed by atoms with E-state index >= 15 is 0 Å². The molecule has 0 fully saturated rings. The van der Waals surface area contributed by atoms with Crippen molar-refractivity contribution in [2.24, 2.45) is 0 Å². The van der Waals surface area contributed by atoms with Gasteiger partial charge in [-0.1, -0.05) is 12.8 Å². The highest BCUT2D eigenvalue weighted by atomic mass is 32.2. The third-order valence-corrected chi connectivity index (χ3v) is 4.25. The summed E-state index contributed by atoms with van der Waals surface area (Å²) in [4.78, 5) is 8.59. The van der Waals surface area contributed by atoms with Crippen LogP contribution in [0.5, 0.6) is 5.75 Å². The molecular weight excluding hydrogens is 306 g/mol. The Bertz CT molecular complexity index is 743. The highest BCUT2D eigenvalue weighted by Crippen LogP contribution is 2.36. The van der Waals surface area contributed by atoms with E-state index in [-0.39, 0.29) is 0 Å². The van der Waals surface area contributed by atoms with Crippen molar-refractivity contribution in [3.05, 3.63) is 36.5 Å². The second-order valence-electron chi connectivity index (χ2n) is 4.18. The first-order valence-electron chi connectivity index (χ1n) is 6.16. The molecule has 0 bridgehead atoms. The summed E-state index contributed by atoms with van der Waals surface area (Å²) in [6.45, 7) is 0. The first kappa shape index (κ1) is 14.1. The van der Waals surface area contributed by atoms with Gasteiger partial charge in [-0.3, -0.25) is 3.71 Å². The molecule has 0 saturated carbocycles. The SMILES string of the molecule is COc1ccc(N(S)SC)cc1-c1nc2ncccc2o1. The summed E-state index contributed by atoms with van der Waals surface area (Å²) >= 11 is 5.88. The van der Waals surface area contributed by atoms with Gasteiger partial charge in [-0.05, 0) is 42.3 Å². The monoisotopic (exact) mass is 319 g/mol. The topological polar surface area (TPSA) is 51.4 Å². The van der Waals surface area contributed by atoms with E-state index in [9.17, 15) is 0 Å². The summed E-state index contributed by atoms with van der Waals surface area (Å²) in [6, 6.07) is 9.36. The number of fused-ring (bicyclic) bond motifs is 1. The molecule has 0 aliphatic rings. The Labute approximate surface area is 132 Å². The summed E-state index contributed by atoms with van der Waals surface area (Å²) in [5, 5.41) is 0. The summed E-state index contributed by atoms with van der Waals surface area (Å²) in [7, 11) is 1.62. The normalized spacial score (nSPS) is 10.8. The van der Waals surface area contributed by atoms with Gasteiger partial charge in [0.15, 0.2) is 11.2 Å². The Morgan fingerprint density at radius 3 is 2.90 bits per heavy atom. The molecular formula is C14H13N3O2S2. The number of thiol groups is 1. The lowest BCUT2D eigenvalue weighted by atomic mass is 10.2. The summed E-state index contributed by atoms with van der Waals surface area (Å²) in [6.07, 6.45) is 3.63. The zero-order valence-corrected chi connectivity index (χ0v) is 13.2. The predicted octanol–water partition coefficient (Wildman–Crippen LogP) is 3.83. The Kier molecular flexibility index (Phi) is 3.94. The quantitative estimate of drug-likeness (QED) is 0.583. The lowest BCUT2D eigenvalue weighted by Crippen LogP contribution is -1.98. The van der Waals surface area contributed by atoms with Crippen LogP contribution in [0.1, 0.15) is 0 Å². The largest absolute Gasteiger partial charge is 0.496 e. The molecule has 3 rings (SSSR count). The minimum atomic E-state index is 0.477. The van der Waals surface area contributed by atoms with Crippen LogP contribution in [0.25, 0.3) is 22.7 Å². The van der Waals surface area contributed by atoms with Crippen LogP contribution in [0.2, 0.25) is 0 Å². The Hall–Kier alpha value is -1.86. The zero-order chi connectivity index (χ0) is 14.8. The molecule has 0 amide bonds. The molecule has 2 aromatic heterocycles. The highest BCUT2D eigenvalue weighted by molar-refractivity contribution is 8.11. The van der Waals surface area contributed by atoms with Crippen LogP contribution in [0, 0.1) is 0 Å². The summed E-state index contributed by atoms with van der Waals surface area (Å²) in [5.41, 5.74) is 2.90. The van der Waals surface area contributed by atoms with Crippen molar-refractivity contribution in [1.29, 1.82) is 0 Å². The maximum absolute atomic E-state index is 5.76. The predicted molar refractivity (Wildman–Crippen MR) is 88.8 cm³/mol. The van der Waals surface area contributed by atoms with Gasteiger partial charge in [0.25, 0.3) is 0 Å². The third kappa shape index (κ3) is 2.66. The van der Waals surface area contributed by atoms with Crippen LogP contribution in [0.15, 0.2) is 40.9 Å². The molecule has 5 nitrogen and oxygen atoms in total. The molecule has 0 N–H and O–H groups in total. The number of methoxy groups -OCH3 is 1. The molecule has 0 unspecified atom stereocenters. The van der Waals surface area contributed by atoms with E-state index in [4.69, 9.17) is 9.15 Å². The minimum absolute atomic E-state index is 0.477. The fourth-order valence-corrected chi connectivity index (χ4v) is 2.42. The van der Waals surface area contributed by atoms with Crippen molar-refractivity contribution < 1.29 is 9.15 Å². The molecule has 1 aromatic carbocycles. The highest BCUT2D eigenvalue weighted by Gasteiger charge is 2.15. The van der Waals surface area contributed by atoms with Gasteiger partial charge in [-0.2, -0.15) is 4.98 Å². The first-order valence-corrected chi connectivity index (χ1v) is 7.74. The number of aromatic nitrogens is 2. The van der Waals surface area contributed by atoms with Gasteiger partial charge in [0.1, 0.15) is 5.75 Å². The fraction of sp³-hybridized carbons (Fsp3) is 0.143. The van der Waals surface area contributed by atoms with Crippen LogP contribution >= 0.6 is 24.8 Å². The number of anilines is 1. The molecule has 0 saturated heterocycles. The van der Waals surface area contributed by atoms with Crippen LogP contribution < -0.4 is 8.45 Å². The van der Waals surface area contributed by atoms with Gasteiger partial charge in [0, 0.05) is 12.5 Å².